The van der Waals surface area contributed by atoms with E-state index in [9.17, 15) is 4.79 Å². The molecule has 0 radical (unpaired) electrons. The number of hydrogen-bond donors (Lipinski definition) is 0. The highest BCUT2D eigenvalue weighted by atomic mass is 79.9. The zero-order valence-corrected chi connectivity index (χ0v) is 12.3. The quantitative estimate of drug-likeness (QED) is 0.785. The van der Waals surface area contributed by atoms with E-state index < -0.39 is 0 Å². The lowest BCUT2D eigenvalue weighted by molar-refractivity contribution is 0.103. The van der Waals surface area contributed by atoms with Crippen LogP contribution in [0.2, 0.25) is 0 Å². The van der Waals surface area contributed by atoms with Crippen LogP contribution in [0.4, 0.5) is 0 Å². The van der Waals surface area contributed by atoms with E-state index in [0.717, 1.165) is 15.5 Å². The normalized spacial score (nSPS) is 10.5. The van der Waals surface area contributed by atoms with Crippen LogP contribution in [0, 0.1) is 0 Å². The molecule has 0 spiro atoms. The first-order valence-electron chi connectivity index (χ1n) is 5.14. The highest BCUT2D eigenvalue weighted by molar-refractivity contribution is 9.11. The van der Waals surface area contributed by atoms with Gasteiger partial charge in [-0.3, -0.25) is 9.48 Å². The Morgan fingerprint density at radius 3 is 2.76 bits per heavy atom. The van der Waals surface area contributed by atoms with E-state index in [0.29, 0.717) is 11.1 Å². The summed E-state index contributed by atoms with van der Waals surface area (Å²) in [4.78, 5) is 12.2. The van der Waals surface area contributed by atoms with E-state index >= 15 is 0 Å². The van der Waals surface area contributed by atoms with Crippen molar-refractivity contribution in [1.82, 2.24) is 9.78 Å². The maximum atomic E-state index is 12.2. The topological polar surface area (TPSA) is 34.9 Å². The molecule has 1 heterocycles. The minimum Gasteiger partial charge on any atom is -0.288 e. The summed E-state index contributed by atoms with van der Waals surface area (Å²) in [7, 11) is 0. The lowest BCUT2D eigenvalue weighted by Gasteiger charge is -2.02. The van der Waals surface area contributed by atoms with Crippen molar-refractivity contribution in [2.45, 2.75) is 13.5 Å². The van der Waals surface area contributed by atoms with Gasteiger partial charge in [-0.1, -0.05) is 15.9 Å². The molecule has 0 aliphatic heterocycles. The molecule has 0 atom stereocenters. The number of carbonyl (C=O) groups excluding carboxylic acids is 1. The molecule has 0 aliphatic rings. The van der Waals surface area contributed by atoms with Gasteiger partial charge in [0.2, 0.25) is 0 Å². The third-order valence-corrected chi connectivity index (χ3v) is 3.54. The minimum absolute atomic E-state index is 0.0240. The van der Waals surface area contributed by atoms with Crippen LogP contribution in [0.15, 0.2) is 39.5 Å². The van der Waals surface area contributed by atoms with Gasteiger partial charge in [0.1, 0.15) is 0 Å². The predicted molar refractivity (Wildman–Crippen MR) is 73.2 cm³/mol. The predicted octanol–water partition coefficient (Wildman–Crippen LogP) is 3.66. The average Bonchev–Trinajstić information content (AvgIpc) is 2.76. The first kappa shape index (κ1) is 12.5. The van der Waals surface area contributed by atoms with E-state index in [1.807, 2.05) is 19.1 Å². The van der Waals surface area contributed by atoms with Crippen molar-refractivity contribution in [2.24, 2.45) is 0 Å². The maximum Gasteiger partial charge on any atom is 0.197 e. The number of hydrogen-bond acceptors (Lipinski definition) is 2. The van der Waals surface area contributed by atoms with Crippen LogP contribution in [0.25, 0.3) is 0 Å². The number of ketones is 1. The molecule has 2 rings (SSSR count). The summed E-state index contributed by atoms with van der Waals surface area (Å²) in [5, 5.41) is 4.10. The molecule has 0 N–H and O–H groups in total. The second kappa shape index (κ2) is 5.14. The van der Waals surface area contributed by atoms with Crippen molar-refractivity contribution < 1.29 is 4.79 Å². The Hall–Kier alpha value is -0.940. The van der Waals surface area contributed by atoms with E-state index in [1.54, 1.807) is 23.1 Å². The molecule has 5 heteroatoms. The molecule has 0 saturated heterocycles. The standard InChI is InChI=1S/C12H10Br2N2O/c1-2-16-7-8(6-15-16)12(17)10-4-3-9(13)5-11(10)14/h3-7H,2H2,1H3. The van der Waals surface area contributed by atoms with Crippen LogP contribution in [0.5, 0.6) is 0 Å². The summed E-state index contributed by atoms with van der Waals surface area (Å²) in [6, 6.07) is 5.50. The lowest BCUT2D eigenvalue weighted by Crippen LogP contribution is -2.01. The fourth-order valence-electron chi connectivity index (χ4n) is 1.48. The third-order valence-electron chi connectivity index (χ3n) is 2.40. The highest BCUT2D eigenvalue weighted by Gasteiger charge is 2.14. The molecule has 1 aromatic carbocycles. The molecule has 2 aromatic rings. The van der Waals surface area contributed by atoms with E-state index in [1.165, 1.54) is 0 Å². The molecule has 0 bridgehead atoms. The highest BCUT2D eigenvalue weighted by Crippen LogP contribution is 2.24. The number of aryl methyl sites for hydroxylation is 1. The number of aromatic nitrogens is 2. The van der Waals surface area contributed by atoms with Crippen LogP contribution in [-0.4, -0.2) is 15.6 Å². The van der Waals surface area contributed by atoms with Crippen molar-refractivity contribution in [3.8, 4) is 0 Å². The van der Waals surface area contributed by atoms with Crippen LogP contribution >= 0.6 is 31.9 Å². The fourth-order valence-corrected chi connectivity index (χ4v) is 2.71. The molecule has 3 nitrogen and oxygen atoms in total. The van der Waals surface area contributed by atoms with Gasteiger partial charge in [0.25, 0.3) is 0 Å². The van der Waals surface area contributed by atoms with E-state index in [2.05, 4.69) is 37.0 Å². The Morgan fingerprint density at radius 1 is 1.41 bits per heavy atom. The average molecular weight is 358 g/mol. The van der Waals surface area contributed by atoms with E-state index in [4.69, 9.17) is 0 Å². The molecule has 1 aromatic heterocycles. The summed E-state index contributed by atoms with van der Waals surface area (Å²) in [5.74, 6) is -0.0240. The molecular weight excluding hydrogens is 348 g/mol. The lowest BCUT2D eigenvalue weighted by atomic mass is 10.1. The Kier molecular flexibility index (Phi) is 3.79. The van der Waals surface area contributed by atoms with Gasteiger partial charge in [-0.05, 0) is 41.1 Å². The molecule has 0 amide bonds. The summed E-state index contributed by atoms with van der Waals surface area (Å²) in [6.07, 6.45) is 3.36. The van der Waals surface area contributed by atoms with Crippen molar-refractivity contribution in [3.05, 3.63) is 50.7 Å². The van der Waals surface area contributed by atoms with Gasteiger partial charge in [0.05, 0.1) is 11.8 Å². The van der Waals surface area contributed by atoms with Gasteiger partial charge in [-0.15, -0.1) is 0 Å². The molecule has 88 valence electrons. The number of benzene rings is 1. The van der Waals surface area contributed by atoms with Gasteiger partial charge < -0.3 is 0 Å². The summed E-state index contributed by atoms with van der Waals surface area (Å²) in [5.41, 5.74) is 1.25. The molecule has 17 heavy (non-hydrogen) atoms. The Labute approximate surface area is 116 Å². The number of nitrogens with zero attached hydrogens (tertiary/aromatic N) is 2. The van der Waals surface area contributed by atoms with Crippen molar-refractivity contribution in [1.29, 1.82) is 0 Å². The van der Waals surface area contributed by atoms with Crippen molar-refractivity contribution in [3.63, 3.8) is 0 Å². The van der Waals surface area contributed by atoms with E-state index in [-0.39, 0.29) is 5.78 Å². The van der Waals surface area contributed by atoms with Gasteiger partial charge >= 0.3 is 0 Å². The minimum atomic E-state index is -0.0240. The molecule has 0 unspecified atom stereocenters. The molecule has 0 saturated carbocycles. The van der Waals surface area contributed by atoms with Crippen LogP contribution in [0.1, 0.15) is 22.8 Å². The maximum absolute atomic E-state index is 12.2. The Bertz CT molecular complexity index is 563. The zero-order chi connectivity index (χ0) is 12.4. The second-order valence-corrected chi connectivity index (χ2v) is 5.31. The van der Waals surface area contributed by atoms with Crippen LogP contribution in [0.3, 0.4) is 0 Å². The molecule has 0 fully saturated rings. The van der Waals surface area contributed by atoms with Gasteiger partial charge in [0.15, 0.2) is 5.78 Å². The van der Waals surface area contributed by atoms with Gasteiger partial charge in [-0.25, -0.2) is 0 Å². The Morgan fingerprint density at radius 2 is 2.18 bits per heavy atom. The van der Waals surface area contributed by atoms with Crippen molar-refractivity contribution in [2.75, 3.05) is 0 Å². The van der Waals surface area contributed by atoms with Crippen LogP contribution in [-0.2, 0) is 6.54 Å². The van der Waals surface area contributed by atoms with Gasteiger partial charge in [0, 0.05) is 27.3 Å². The van der Waals surface area contributed by atoms with Gasteiger partial charge in [-0.2, -0.15) is 5.10 Å². The molecule has 0 aliphatic carbocycles. The smallest absolute Gasteiger partial charge is 0.197 e. The molecular formula is C12H10Br2N2O. The first-order chi connectivity index (χ1) is 8.11. The number of rotatable bonds is 3. The zero-order valence-electron chi connectivity index (χ0n) is 9.15. The Balaban J connectivity index is 2.36. The summed E-state index contributed by atoms with van der Waals surface area (Å²) >= 11 is 6.75. The first-order valence-corrected chi connectivity index (χ1v) is 6.72. The largest absolute Gasteiger partial charge is 0.288 e. The second-order valence-electron chi connectivity index (χ2n) is 3.54. The summed E-state index contributed by atoms with van der Waals surface area (Å²) < 4.78 is 3.45. The number of halogens is 2. The fraction of sp³-hybridized carbons (Fsp3) is 0.167. The summed E-state index contributed by atoms with van der Waals surface area (Å²) in [6.45, 7) is 2.74. The SMILES string of the molecule is CCn1cc(C(=O)c2ccc(Br)cc2Br)cn1. The van der Waals surface area contributed by atoms with Crippen LogP contribution < -0.4 is 0 Å². The number of carbonyl (C=O) groups is 1. The monoisotopic (exact) mass is 356 g/mol. The van der Waals surface area contributed by atoms with Crippen molar-refractivity contribution >= 4 is 37.6 Å². The third kappa shape index (κ3) is 2.66.